The maximum absolute atomic E-state index is 4.66. The Kier molecular flexibility index (Phi) is 4.27. The van der Waals surface area contributed by atoms with E-state index >= 15 is 0 Å². The third-order valence-electron chi connectivity index (χ3n) is 3.49. The van der Waals surface area contributed by atoms with Gasteiger partial charge < -0.3 is 5.32 Å². The highest BCUT2D eigenvalue weighted by molar-refractivity contribution is 7.09. The number of hydrogen-bond donors (Lipinski definition) is 1. The van der Waals surface area contributed by atoms with Crippen LogP contribution >= 0.6 is 11.3 Å². The zero-order valence-corrected chi connectivity index (χ0v) is 13.2. The highest BCUT2D eigenvalue weighted by Crippen LogP contribution is 2.26. The van der Waals surface area contributed by atoms with Crippen molar-refractivity contribution in [1.82, 2.24) is 15.3 Å². The van der Waals surface area contributed by atoms with Gasteiger partial charge in [-0.1, -0.05) is 25.1 Å². The van der Waals surface area contributed by atoms with Crippen LogP contribution in [0.15, 0.2) is 41.9 Å². The number of aromatic nitrogens is 2. The second-order valence-electron chi connectivity index (χ2n) is 5.13. The minimum atomic E-state index is 0.140. The summed E-state index contributed by atoms with van der Waals surface area (Å²) in [6.45, 7) is 5.20. The predicted molar refractivity (Wildman–Crippen MR) is 88.7 cm³/mol. The quantitative estimate of drug-likeness (QED) is 0.771. The van der Waals surface area contributed by atoms with E-state index in [-0.39, 0.29) is 6.04 Å². The van der Waals surface area contributed by atoms with E-state index in [1.165, 1.54) is 10.9 Å². The molecule has 108 valence electrons. The fourth-order valence-electron chi connectivity index (χ4n) is 2.46. The number of pyridine rings is 1. The van der Waals surface area contributed by atoms with Gasteiger partial charge in [0.05, 0.1) is 22.3 Å². The van der Waals surface area contributed by atoms with E-state index < -0.39 is 0 Å². The number of thiazole rings is 1. The molecule has 2 aromatic heterocycles. The highest BCUT2D eigenvalue weighted by Gasteiger charge is 2.16. The van der Waals surface area contributed by atoms with Gasteiger partial charge in [-0.2, -0.15) is 0 Å². The molecule has 0 aliphatic carbocycles. The average molecular weight is 297 g/mol. The molecule has 1 aromatic carbocycles. The zero-order chi connectivity index (χ0) is 14.7. The minimum absolute atomic E-state index is 0.140. The summed E-state index contributed by atoms with van der Waals surface area (Å²) in [6, 6.07) is 10.7. The molecule has 1 N–H and O–H groups in total. The lowest BCUT2D eigenvalue weighted by Crippen LogP contribution is -2.23. The first-order valence-electron chi connectivity index (χ1n) is 7.28. The lowest BCUT2D eigenvalue weighted by molar-refractivity contribution is 0.588. The Morgan fingerprint density at radius 2 is 2.19 bits per heavy atom. The van der Waals surface area contributed by atoms with Crippen LogP contribution < -0.4 is 5.32 Å². The van der Waals surface area contributed by atoms with Crippen LogP contribution in [0, 0.1) is 6.92 Å². The first kappa shape index (κ1) is 14.2. The van der Waals surface area contributed by atoms with Crippen molar-refractivity contribution in [1.29, 1.82) is 0 Å². The van der Waals surface area contributed by atoms with Gasteiger partial charge in [0.2, 0.25) is 0 Å². The molecule has 0 saturated heterocycles. The molecule has 0 saturated carbocycles. The first-order valence-corrected chi connectivity index (χ1v) is 8.16. The van der Waals surface area contributed by atoms with Crippen molar-refractivity contribution >= 4 is 22.2 Å². The Balaban J connectivity index is 2.00. The van der Waals surface area contributed by atoms with E-state index in [9.17, 15) is 0 Å². The molecule has 3 rings (SSSR count). The van der Waals surface area contributed by atoms with Crippen LogP contribution in [0.4, 0.5) is 0 Å². The first-order chi connectivity index (χ1) is 10.3. The van der Waals surface area contributed by atoms with Crippen LogP contribution in [0.3, 0.4) is 0 Å². The van der Waals surface area contributed by atoms with Crippen molar-refractivity contribution < 1.29 is 0 Å². The number of fused-ring (bicyclic) bond motifs is 1. The van der Waals surface area contributed by atoms with Crippen LogP contribution in [-0.4, -0.2) is 16.5 Å². The molecular formula is C17H19N3S. The smallest absolute Gasteiger partial charge is 0.0898 e. The van der Waals surface area contributed by atoms with E-state index in [2.05, 4.69) is 51.9 Å². The Morgan fingerprint density at radius 3 is 2.95 bits per heavy atom. The lowest BCUT2D eigenvalue weighted by atomic mass is 10.0. The van der Waals surface area contributed by atoms with Crippen LogP contribution in [-0.2, 0) is 0 Å². The van der Waals surface area contributed by atoms with Crippen molar-refractivity contribution in [3.05, 3.63) is 58.2 Å². The summed E-state index contributed by atoms with van der Waals surface area (Å²) in [6.07, 6.45) is 2.94. The molecule has 21 heavy (non-hydrogen) atoms. The summed E-state index contributed by atoms with van der Waals surface area (Å²) in [5.74, 6) is 0. The van der Waals surface area contributed by atoms with Gasteiger partial charge in [0, 0.05) is 17.0 Å². The van der Waals surface area contributed by atoms with Gasteiger partial charge in [-0.25, -0.2) is 4.98 Å². The molecule has 0 fully saturated rings. The van der Waals surface area contributed by atoms with Gasteiger partial charge >= 0.3 is 0 Å². The van der Waals surface area contributed by atoms with Gasteiger partial charge in [-0.05, 0) is 37.6 Å². The Bertz CT molecular complexity index is 735. The number of nitrogens with zero attached hydrogens (tertiary/aromatic N) is 2. The van der Waals surface area contributed by atoms with Crippen LogP contribution in [0.5, 0.6) is 0 Å². The van der Waals surface area contributed by atoms with Crippen molar-refractivity contribution in [3.63, 3.8) is 0 Å². The molecule has 0 bridgehead atoms. The number of rotatable bonds is 5. The van der Waals surface area contributed by atoms with Gasteiger partial charge in [0.1, 0.15) is 0 Å². The van der Waals surface area contributed by atoms with Gasteiger partial charge in [0.25, 0.3) is 0 Å². The molecule has 1 unspecified atom stereocenters. The number of benzene rings is 1. The van der Waals surface area contributed by atoms with Gasteiger partial charge in [-0.15, -0.1) is 11.3 Å². The lowest BCUT2D eigenvalue weighted by Gasteiger charge is -2.17. The van der Waals surface area contributed by atoms with Crippen molar-refractivity contribution in [2.24, 2.45) is 0 Å². The van der Waals surface area contributed by atoms with Crippen molar-refractivity contribution in [2.75, 3.05) is 6.54 Å². The summed E-state index contributed by atoms with van der Waals surface area (Å²) < 4.78 is 0. The number of aryl methyl sites for hydroxylation is 1. The number of nitrogens with one attached hydrogen (secondary N) is 1. The summed E-state index contributed by atoms with van der Waals surface area (Å²) >= 11 is 1.70. The largest absolute Gasteiger partial charge is 0.305 e. The van der Waals surface area contributed by atoms with E-state index in [0.29, 0.717) is 0 Å². The molecule has 4 heteroatoms. The van der Waals surface area contributed by atoms with E-state index in [1.807, 2.05) is 19.2 Å². The van der Waals surface area contributed by atoms with E-state index in [0.717, 1.165) is 29.2 Å². The molecule has 3 aromatic rings. The summed E-state index contributed by atoms with van der Waals surface area (Å²) in [7, 11) is 0. The third-order valence-corrected chi connectivity index (χ3v) is 4.29. The SMILES string of the molecule is CCCNC(c1ccc2cccnc2c1)c1csc(C)n1. The Hall–Kier alpha value is -1.78. The van der Waals surface area contributed by atoms with E-state index in [4.69, 9.17) is 0 Å². The van der Waals surface area contributed by atoms with Crippen molar-refractivity contribution in [3.8, 4) is 0 Å². The van der Waals surface area contributed by atoms with Crippen molar-refractivity contribution in [2.45, 2.75) is 26.3 Å². The highest BCUT2D eigenvalue weighted by atomic mass is 32.1. The van der Waals surface area contributed by atoms with Gasteiger partial charge in [0.15, 0.2) is 0 Å². The maximum atomic E-state index is 4.66. The summed E-state index contributed by atoms with van der Waals surface area (Å²) in [5.41, 5.74) is 3.35. The van der Waals surface area contributed by atoms with Crippen LogP contribution in [0.25, 0.3) is 10.9 Å². The second kappa shape index (κ2) is 6.33. The Labute approximate surface area is 129 Å². The molecule has 0 amide bonds. The van der Waals surface area contributed by atoms with Gasteiger partial charge in [-0.3, -0.25) is 4.98 Å². The predicted octanol–water partition coefficient (Wildman–Crippen LogP) is 4.09. The molecular weight excluding hydrogens is 278 g/mol. The molecule has 0 aliphatic heterocycles. The normalized spacial score (nSPS) is 12.7. The molecule has 0 aliphatic rings. The second-order valence-corrected chi connectivity index (χ2v) is 6.20. The summed E-state index contributed by atoms with van der Waals surface area (Å²) in [5, 5.41) is 8.02. The fourth-order valence-corrected chi connectivity index (χ4v) is 3.10. The monoisotopic (exact) mass is 297 g/mol. The molecule has 2 heterocycles. The standard InChI is InChI=1S/C17H19N3S/c1-3-8-19-17(16-11-21-12(2)20-16)14-7-6-13-5-4-9-18-15(13)10-14/h4-7,9-11,17,19H,3,8H2,1-2H3. The summed E-state index contributed by atoms with van der Waals surface area (Å²) in [4.78, 5) is 9.11. The molecule has 3 nitrogen and oxygen atoms in total. The molecule has 0 radical (unpaired) electrons. The topological polar surface area (TPSA) is 37.8 Å². The maximum Gasteiger partial charge on any atom is 0.0898 e. The molecule has 1 atom stereocenters. The number of hydrogen-bond acceptors (Lipinski definition) is 4. The average Bonchev–Trinajstić information content (AvgIpc) is 2.94. The van der Waals surface area contributed by atoms with E-state index in [1.54, 1.807) is 11.3 Å². The van der Waals surface area contributed by atoms with Crippen LogP contribution in [0.1, 0.15) is 35.7 Å². The minimum Gasteiger partial charge on any atom is -0.305 e. The fraction of sp³-hybridized carbons (Fsp3) is 0.294. The third kappa shape index (κ3) is 3.12. The van der Waals surface area contributed by atoms with Crippen LogP contribution in [0.2, 0.25) is 0 Å². The Morgan fingerprint density at radius 1 is 1.29 bits per heavy atom. The zero-order valence-electron chi connectivity index (χ0n) is 12.3. The molecule has 0 spiro atoms.